The molecule has 0 aliphatic carbocycles. The molecule has 1 fully saturated rings. The average Bonchev–Trinajstić information content (AvgIpc) is 2.56. The van der Waals surface area contributed by atoms with Gasteiger partial charge in [0.1, 0.15) is 11.4 Å². The smallest absolute Gasteiger partial charge is 0.134 e. The van der Waals surface area contributed by atoms with Crippen LogP contribution in [-0.4, -0.2) is 23.2 Å². The summed E-state index contributed by atoms with van der Waals surface area (Å²) in [6, 6.07) is 11.7. The van der Waals surface area contributed by atoms with E-state index in [0.29, 0.717) is 11.3 Å². The zero-order valence-electron chi connectivity index (χ0n) is 11.8. The maximum atomic E-state index is 13.6. The maximum Gasteiger partial charge on any atom is 0.134 e. The van der Waals surface area contributed by atoms with Gasteiger partial charge in [0.2, 0.25) is 0 Å². The summed E-state index contributed by atoms with van der Waals surface area (Å²) in [5.41, 5.74) is -0.0820. The summed E-state index contributed by atoms with van der Waals surface area (Å²) in [6.07, 6.45) is 3.34. The number of halogens is 1. The average molecular weight is 286 g/mol. The molecule has 1 atom stereocenters. The second-order valence-electron chi connectivity index (χ2n) is 5.52. The van der Waals surface area contributed by atoms with E-state index < -0.39 is 5.60 Å². The Morgan fingerprint density at radius 1 is 1.14 bits per heavy atom. The van der Waals surface area contributed by atoms with Crippen LogP contribution < -0.4 is 5.32 Å². The molecular formula is C17H19FN2O. The van der Waals surface area contributed by atoms with E-state index in [-0.39, 0.29) is 11.7 Å². The van der Waals surface area contributed by atoms with Crippen molar-refractivity contribution in [1.82, 2.24) is 10.3 Å². The van der Waals surface area contributed by atoms with Crippen LogP contribution in [0.25, 0.3) is 0 Å². The van der Waals surface area contributed by atoms with Gasteiger partial charge in [-0.05, 0) is 55.8 Å². The van der Waals surface area contributed by atoms with Crippen molar-refractivity contribution < 1.29 is 9.50 Å². The highest BCUT2D eigenvalue weighted by atomic mass is 19.1. The summed E-state index contributed by atoms with van der Waals surface area (Å²) < 4.78 is 13.6. The van der Waals surface area contributed by atoms with E-state index in [1.807, 2.05) is 18.2 Å². The number of pyridine rings is 1. The van der Waals surface area contributed by atoms with Crippen LogP contribution in [-0.2, 0) is 5.60 Å². The molecule has 0 amide bonds. The lowest BCUT2D eigenvalue weighted by molar-refractivity contribution is -0.00165. The standard InChI is InChI=1S/C17H19FN2O/c18-15-5-3-4-14(12-15)17(21,13-7-10-19-11-8-13)16-6-1-2-9-20-16/h1-6,9,12-13,19,21H,7-8,10-11H2. The van der Waals surface area contributed by atoms with E-state index in [4.69, 9.17) is 0 Å². The lowest BCUT2D eigenvalue weighted by atomic mass is 9.74. The predicted molar refractivity (Wildman–Crippen MR) is 79.2 cm³/mol. The number of benzene rings is 1. The molecule has 21 heavy (non-hydrogen) atoms. The molecule has 1 saturated heterocycles. The van der Waals surface area contributed by atoms with Gasteiger partial charge in [-0.15, -0.1) is 0 Å². The van der Waals surface area contributed by atoms with E-state index in [1.165, 1.54) is 12.1 Å². The fraction of sp³-hybridized carbons (Fsp3) is 0.353. The molecule has 2 heterocycles. The number of hydrogen-bond donors (Lipinski definition) is 2. The highest BCUT2D eigenvalue weighted by Gasteiger charge is 2.41. The first kappa shape index (κ1) is 14.2. The molecule has 0 bridgehead atoms. The molecular weight excluding hydrogens is 267 g/mol. The molecule has 2 aromatic rings. The topological polar surface area (TPSA) is 45.2 Å². The minimum Gasteiger partial charge on any atom is -0.378 e. The summed E-state index contributed by atoms with van der Waals surface area (Å²) in [4.78, 5) is 4.34. The van der Waals surface area contributed by atoms with E-state index in [9.17, 15) is 9.50 Å². The number of piperidine rings is 1. The number of aliphatic hydroxyl groups is 1. The van der Waals surface area contributed by atoms with E-state index in [1.54, 1.807) is 18.3 Å². The van der Waals surface area contributed by atoms with Crippen molar-refractivity contribution in [3.8, 4) is 0 Å². The van der Waals surface area contributed by atoms with Gasteiger partial charge >= 0.3 is 0 Å². The number of nitrogens with zero attached hydrogens (tertiary/aromatic N) is 1. The van der Waals surface area contributed by atoms with Crippen LogP contribution in [0.4, 0.5) is 4.39 Å². The second-order valence-corrected chi connectivity index (χ2v) is 5.52. The lowest BCUT2D eigenvalue weighted by Crippen LogP contribution is -2.43. The van der Waals surface area contributed by atoms with Crippen molar-refractivity contribution in [3.63, 3.8) is 0 Å². The first-order valence-corrected chi connectivity index (χ1v) is 7.32. The first-order valence-electron chi connectivity index (χ1n) is 7.32. The molecule has 0 saturated carbocycles. The van der Waals surface area contributed by atoms with Crippen LogP contribution in [0, 0.1) is 11.7 Å². The minimum atomic E-state index is -1.24. The van der Waals surface area contributed by atoms with Gasteiger partial charge in [-0.3, -0.25) is 4.98 Å². The van der Waals surface area contributed by atoms with Gasteiger partial charge in [0.05, 0.1) is 5.69 Å². The lowest BCUT2D eigenvalue weighted by Gasteiger charge is -2.38. The van der Waals surface area contributed by atoms with Crippen molar-refractivity contribution >= 4 is 0 Å². The number of hydrogen-bond acceptors (Lipinski definition) is 3. The molecule has 3 nitrogen and oxygen atoms in total. The Hall–Kier alpha value is -1.78. The van der Waals surface area contributed by atoms with Gasteiger partial charge in [-0.1, -0.05) is 18.2 Å². The van der Waals surface area contributed by atoms with Gasteiger partial charge in [0.25, 0.3) is 0 Å². The van der Waals surface area contributed by atoms with Crippen LogP contribution in [0.15, 0.2) is 48.7 Å². The van der Waals surface area contributed by atoms with Gasteiger partial charge in [-0.2, -0.15) is 0 Å². The van der Waals surface area contributed by atoms with Crippen molar-refractivity contribution in [1.29, 1.82) is 0 Å². The van der Waals surface area contributed by atoms with Crippen molar-refractivity contribution in [2.75, 3.05) is 13.1 Å². The highest BCUT2D eigenvalue weighted by molar-refractivity contribution is 5.34. The second kappa shape index (κ2) is 5.92. The van der Waals surface area contributed by atoms with Crippen LogP contribution in [0.5, 0.6) is 0 Å². The molecule has 4 heteroatoms. The summed E-state index contributed by atoms with van der Waals surface area (Å²) >= 11 is 0. The van der Waals surface area contributed by atoms with Crippen LogP contribution in [0.1, 0.15) is 24.1 Å². The van der Waals surface area contributed by atoms with Gasteiger partial charge in [0.15, 0.2) is 0 Å². The molecule has 0 spiro atoms. The molecule has 110 valence electrons. The van der Waals surface area contributed by atoms with Crippen LogP contribution in [0.2, 0.25) is 0 Å². The quantitative estimate of drug-likeness (QED) is 0.911. The molecule has 3 rings (SSSR count). The fourth-order valence-electron chi connectivity index (χ4n) is 3.15. The Bertz CT molecular complexity index is 599. The molecule has 1 aliphatic rings. The number of nitrogens with one attached hydrogen (secondary N) is 1. The van der Waals surface area contributed by atoms with Crippen molar-refractivity contribution in [2.45, 2.75) is 18.4 Å². The Balaban J connectivity index is 2.10. The van der Waals surface area contributed by atoms with Gasteiger partial charge in [0, 0.05) is 12.1 Å². The third-order valence-corrected chi connectivity index (χ3v) is 4.25. The van der Waals surface area contributed by atoms with Crippen LogP contribution in [0.3, 0.4) is 0 Å². The largest absolute Gasteiger partial charge is 0.378 e. The zero-order valence-corrected chi connectivity index (χ0v) is 11.8. The van der Waals surface area contributed by atoms with Crippen molar-refractivity contribution in [3.05, 3.63) is 65.7 Å². The zero-order chi connectivity index (χ0) is 14.7. The molecule has 0 radical (unpaired) electrons. The predicted octanol–water partition coefficient (Wildman–Crippen LogP) is 2.46. The highest BCUT2D eigenvalue weighted by Crippen LogP contribution is 2.40. The Kier molecular flexibility index (Phi) is 3.99. The molecule has 1 aromatic carbocycles. The van der Waals surface area contributed by atoms with Gasteiger partial charge < -0.3 is 10.4 Å². The molecule has 1 aromatic heterocycles. The van der Waals surface area contributed by atoms with E-state index in [2.05, 4.69) is 10.3 Å². The normalized spacial score (nSPS) is 19.1. The first-order chi connectivity index (χ1) is 10.2. The Labute approximate surface area is 123 Å². The molecule has 1 unspecified atom stereocenters. The summed E-state index contributed by atoms with van der Waals surface area (Å²) in [7, 11) is 0. The van der Waals surface area contributed by atoms with Crippen LogP contribution >= 0.6 is 0 Å². The third-order valence-electron chi connectivity index (χ3n) is 4.25. The SMILES string of the molecule is OC(c1cccc(F)c1)(c1ccccn1)C1CCNCC1. The van der Waals surface area contributed by atoms with E-state index in [0.717, 1.165) is 25.9 Å². The molecule has 2 N–H and O–H groups in total. The number of rotatable bonds is 3. The maximum absolute atomic E-state index is 13.6. The molecule has 1 aliphatic heterocycles. The number of aromatic nitrogens is 1. The monoisotopic (exact) mass is 286 g/mol. The van der Waals surface area contributed by atoms with Crippen molar-refractivity contribution in [2.24, 2.45) is 5.92 Å². The summed E-state index contributed by atoms with van der Waals surface area (Å²) in [6.45, 7) is 1.71. The van der Waals surface area contributed by atoms with E-state index >= 15 is 0 Å². The summed E-state index contributed by atoms with van der Waals surface area (Å²) in [5, 5.41) is 14.7. The Morgan fingerprint density at radius 2 is 1.95 bits per heavy atom. The fourth-order valence-corrected chi connectivity index (χ4v) is 3.15. The minimum absolute atomic E-state index is 0.0236. The summed E-state index contributed by atoms with van der Waals surface area (Å²) in [5.74, 6) is -0.314. The third kappa shape index (κ3) is 2.69. The van der Waals surface area contributed by atoms with Gasteiger partial charge in [-0.25, -0.2) is 4.39 Å². The Morgan fingerprint density at radius 3 is 2.62 bits per heavy atom.